The average molecular weight is 477 g/mol. The maximum absolute atomic E-state index is 13.5. The Balaban J connectivity index is 1.30. The molecule has 0 N–H and O–H groups in total. The maximum Gasteiger partial charge on any atom is 0.242 e. The van der Waals surface area contributed by atoms with Crippen LogP contribution in [0.1, 0.15) is 29.7 Å². The molecule has 0 unspecified atom stereocenters. The van der Waals surface area contributed by atoms with Crippen molar-refractivity contribution >= 4 is 11.8 Å². The van der Waals surface area contributed by atoms with Crippen LogP contribution in [0.4, 0.5) is 0 Å². The van der Waals surface area contributed by atoms with Crippen LogP contribution in [0.3, 0.4) is 0 Å². The molecule has 0 radical (unpaired) electrons. The van der Waals surface area contributed by atoms with Crippen LogP contribution in [0.2, 0.25) is 0 Å². The number of fused-ring (bicyclic) bond motifs is 1. The van der Waals surface area contributed by atoms with Crippen molar-refractivity contribution < 1.29 is 28.2 Å². The van der Waals surface area contributed by atoms with E-state index in [2.05, 4.69) is 0 Å². The van der Waals surface area contributed by atoms with Crippen molar-refractivity contribution in [3.63, 3.8) is 0 Å². The number of amides is 2. The molecular weight excluding hydrogens is 448 g/mol. The lowest BCUT2D eigenvalue weighted by Crippen LogP contribution is -2.44. The first kappa shape index (κ1) is 22.8. The summed E-state index contributed by atoms with van der Waals surface area (Å²) in [6.45, 7) is 0.901. The number of methoxy groups -OCH3 is 1. The predicted octanol–water partition coefficient (Wildman–Crippen LogP) is 3.78. The van der Waals surface area contributed by atoms with E-state index < -0.39 is 0 Å². The van der Waals surface area contributed by atoms with E-state index in [0.29, 0.717) is 30.3 Å². The van der Waals surface area contributed by atoms with Crippen LogP contribution in [-0.4, -0.2) is 48.1 Å². The number of benzene rings is 2. The quantitative estimate of drug-likeness (QED) is 0.443. The molecule has 182 valence electrons. The van der Waals surface area contributed by atoms with Crippen molar-refractivity contribution in [2.75, 3.05) is 20.4 Å². The van der Waals surface area contributed by atoms with Gasteiger partial charge in [0.1, 0.15) is 18.1 Å². The Hall–Kier alpha value is -3.94. The number of hydrogen-bond donors (Lipinski definition) is 0. The molecule has 1 aliphatic carbocycles. The summed E-state index contributed by atoms with van der Waals surface area (Å²) in [7, 11) is 1.61. The van der Waals surface area contributed by atoms with Gasteiger partial charge in [0.2, 0.25) is 18.6 Å². The highest BCUT2D eigenvalue weighted by molar-refractivity contribution is 5.86. The Morgan fingerprint density at radius 3 is 2.43 bits per heavy atom. The van der Waals surface area contributed by atoms with Gasteiger partial charge in [-0.1, -0.05) is 18.2 Å². The SMILES string of the molecule is COc1ccc(CC(=O)N(CC(=O)N(Cc2ccc3c(c2)OCO3)Cc2ccco2)C2CC2)cc1. The van der Waals surface area contributed by atoms with Crippen LogP contribution >= 0.6 is 0 Å². The molecule has 8 nitrogen and oxygen atoms in total. The van der Waals surface area contributed by atoms with E-state index in [9.17, 15) is 9.59 Å². The molecule has 0 bridgehead atoms. The minimum atomic E-state index is -0.131. The van der Waals surface area contributed by atoms with Crippen molar-refractivity contribution in [3.05, 3.63) is 77.7 Å². The van der Waals surface area contributed by atoms with E-state index in [1.54, 1.807) is 29.2 Å². The lowest BCUT2D eigenvalue weighted by atomic mass is 10.1. The molecule has 35 heavy (non-hydrogen) atoms. The zero-order chi connectivity index (χ0) is 24.2. The second-order valence-corrected chi connectivity index (χ2v) is 8.79. The fourth-order valence-electron chi connectivity index (χ4n) is 4.15. The monoisotopic (exact) mass is 476 g/mol. The summed E-state index contributed by atoms with van der Waals surface area (Å²) in [5.41, 5.74) is 1.80. The van der Waals surface area contributed by atoms with Crippen LogP contribution < -0.4 is 14.2 Å². The highest BCUT2D eigenvalue weighted by Gasteiger charge is 2.35. The third-order valence-electron chi connectivity index (χ3n) is 6.22. The largest absolute Gasteiger partial charge is 0.497 e. The predicted molar refractivity (Wildman–Crippen MR) is 127 cm³/mol. The minimum absolute atomic E-state index is 0.0327. The fraction of sp³-hybridized carbons (Fsp3) is 0.333. The summed E-state index contributed by atoms with van der Waals surface area (Å²) in [6, 6.07) is 16.8. The van der Waals surface area contributed by atoms with Crippen LogP contribution in [0.25, 0.3) is 0 Å². The number of carbonyl (C=O) groups excluding carboxylic acids is 2. The molecule has 0 atom stereocenters. The third kappa shape index (κ3) is 5.59. The highest BCUT2D eigenvalue weighted by atomic mass is 16.7. The summed E-state index contributed by atoms with van der Waals surface area (Å²) in [5, 5.41) is 0. The molecule has 1 fully saturated rings. The van der Waals surface area contributed by atoms with Gasteiger partial charge in [0.05, 0.1) is 26.3 Å². The van der Waals surface area contributed by atoms with Crippen LogP contribution in [0.15, 0.2) is 65.3 Å². The van der Waals surface area contributed by atoms with E-state index in [-0.39, 0.29) is 37.6 Å². The Morgan fingerprint density at radius 1 is 0.943 bits per heavy atom. The van der Waals surface area contributed by atoms with Crippen molar-refractivity contribution in [1.82, 2.24) is 9.80 Å². The Bertz CT molecular complexity index is 1170. The molecule has 2 aromatic carbocycles. The average Bonchev–Trinajstić information content (AvgIpc) is 3.36. The molecule has 2 amide bonds. The number of nitrogens with zero attached hydrogens (tertiary/aromatic N) is 2. The normalized spacial score (nSPS) is 14.0. The van der Waals surface area contributed by atoms with Gasteiger partial charge in [-0.25, -0.2) is 0 Å². The Morgan fingerprint density at radius 2 is 1.71 bits per heavy atom. The molecule has 1 saturated carbocycles. The zero-order valence-corrected chi connectivity index (χ0v) is 19.6. The summed E-state index contributed by atoms with van der Waals surface area (Å²) in [4.78, 5) is 30.1. The molecule has 8 heteroatoms. The lowest BCUT2D eigenvalue weighted by Gasteiger charge is -2.27. The van der Waals surface area contributed by atoms with E-state index in [1.807, 2.05) is 48.5 Å². The number of rotatable bonds is 10. The van der Waals surface area contributed by atoms with Crippen molar-refractivity contribution in [3.8, 4) is 17.2 Å². The van der Waals surface area contributed by atoms with Gasteiger partial charge in [-0.05, 0) is 60.4 Å². The first-order chi connectivity index (χ1) is 17.1. The van der Waals surface area contributed by atoms with Gasteiger partial charge >= 0.3 is 0 Å². The van der Waals surface area contributed by atoms with Gasteiger partial charge in [-0.3, -0.25) is 9.59 Å². The second kappa shape index (κ2) is 10.1. The highest BCUT2D eigenvalue weighted by Crippen LogP contribution is 2.33. The lowest BCUT2D eigenvalue weighted by molar-refractivity contribution is -0.141. The molecule has 3 aromatic rings. The van der Waals surface area contributed by atoms with Gasteiger partial charge in [0.15, 0.2) is 11.5 Å². The first-order valence-corrected chi connectivity index (χ1v) is 11.7. The summed E-state index contributed by atoms with van der Waals surface area (Å²) >= 11 is 0. The number of ether oxygens (including phenoxy) is 3. The summed E-state index contributed by atoms with van der Waals surface area (Å²) in [6.07, 6.45) is 3.67. The molecule has 0 saturated heterocycles. The van der Waals surface area contributed by atoms with Crippen molar-refractivity contribution in [2.24, 2.45) is 0 Å². The van der Waals surface area contributed by atoms with Crippen molar-refractivity contribution in [1.29, 1.82) is 0 Å². The first-order valence-electron chi connectivity index (χ1n) is 11.7. The van der Waals surface area contributed by atoms with Gasteiger partial charge in [0.25, 0.3) is 0 Å². The standard InChI is InChI=1S/C27H28N2O6/c1-32-22-9-4-19(5-10-22)14-26(30)29(21-7-8-21)17-27(31)28(16-23-3-2-12-33-23)15-20-6-11-24-25(13-20)35-18-34-24/h2-6,9-13,21H,7-8,14-18H2,1H3. The van der Waals surface area contributed by atoms with E-state index in [1.165, 1.54) is 0 Å². The van der Waals surface area contributed by atoms with Gasteiger partial charge in [0, 0.05) is 12.6 Å². The molecule has 2 aliphatic rings. The maximum atomic E-state index is 13.5. The number of hydrogen-bond acceptors (Lipinski definition) is 6. The molecular formula is C27H28N2O6. The Kier molecular flexibility index (Phi) is 6.61. The van der Waals surface area contributed by atoms with Crippen molar-refractivity contribution in [2.45, 2.75) is 38.4 Å². The van der Waals surface area contributed by atoms with E-state index in [4.69, 9.17) is 18.6 Å². The molecule has 0 spiro atoms. The smallest absolute Gasteiger partial charge is 0.242 e. The molecule has 1 aliphatic heterocycles. The minimum Gasteiger partial charge on any atom is -0.497 e. The summed E-state index contributed by atoms with van der Waals surface area (Å²) < 4.78 is 21.6. The third-order valence-corrected chi connectivity index (χ3v) is 6.22. The van der Waals surface area contributed by atoms with Gasteiger partial charge < -0.3 is 28.4 Å². The number of furan rings is 1. The fourth-order valence-corrected chi connectivity index (χ4v) is 4.15. The Labute approximate surface area is 204 Å². The second-order valence-electron chi connectivity index (χ2n) is 8.79. The van der Waals surface area contributed by atoms with E-state index in [0.717, 1.165) is 29.7 Å². The van der Waals surface area contributed by atoms with E-state index >= 15 is 0 Å². The zero-order valence-electron chi connectivity index (χ0n) is 19.6. The summed E-state index contributed by atoms with van der Waals surface area (Å²) in [5.74, 6) is 2.61. The topological polar surface area (TPSA) is 81.5 Å². The number of carbonyl (C=O) groups is 2. The van der Waals surface area contributed by atoms with Gasteiger partial charge in [-0.2, -0.15) is 0 Å². The van der Waals surface area contributed by atoms with Crippen LogP contribution in [0.5, 0.6) is 17.2 Å². The molecule has 5 rings (SSSR count). The molecule has 2 heterocycles. The molecule has 1 aromatic heterocycles. The van der Waals surface area contributed by atoms with Crippen LogP contribution in [-0.2, 0) is 29.1 Å². The van der Waals surface area contributed by atoms with Gasteiger partial charge in [-0.15, -0.1) is 0 Å². The van der Waals surface area contributed by atoms with Crippen LogP contribution in [0, 0.1) is 0 Å².